The maximum absolute atomic E-state index is 9.81. The van der Waals surface area contributed by atoms with Crippen LogP contribution < -0.4 is 0 Å². The third kappa shape index (κ3) is 2.81. The van der Waals surface area contributed by atoms with Crippen molar-refractivity contribution in [2.24, 2.45) is 11.8 Å². The van der Waals surface area contributed by atoms with E-state index < -0.39 is 0 Å². The lowest BCUT2D eigenvalue weighted by Crippen LogP contribution is -2.41. The maximum Gasteiger partial charge on any atom is 0.109 e. The van der Waals surface area contributed by atoms with E-state index >= 15 is 0 Å². The topological polar surface area (TPSA) is 29.5 Å². The van der Waals surface area contributed by atoms with Gasteiger partial charge >= 0.3 is 0 Å². The molecule has 0 bridgehead atoms. The number of aliphatic hydroxyl groups excluding tert-OH is 1. The van der Waals surface area contributed by atoms with Crippen molar-refractivity contribution in [3.8, 4) is 0 Å². The second kappa shape index (κ2) is 5.10. The summed E-state index contributed by atoms with van der Waals surface area (Å²) in [6, 6.07) is 0. The molecule has 1 fully saturated rings. The standard InChI is InChI=1S/C10H20O2S2/c1-5-7(3)12-10(14-9(5)11)6(2)8(4)13/h5-11,13H,1-4H3. The van der Waals surface area contributed by atoms with Crippen LogP contribution in [0.25, 0.3) is 0 Å². The normalized spacial score (nSPS) is 43.3. The van der Waals surface area contributed by atoms with E-state index in [0.29, 0.717) is 11.2 Å². The van der Waals surface area contributed by atoms with E-state index in [1.165, 1.54) is 11.8 Å². The van der Waals surface area contributed by atoms with Gasteiger partial charge in [-0.05, 0) is 6.92 Å². The van der Waals surface area contributed by atoms with E-state index in [1.54, 1.807) is 0 Å². The van der Waals surface area contributed by atoms with Gasteiger partial charge in [0.2, 0.25) is 0 Å². The fourth-order valence-corrected chi connectivity index (χ4v) is 3.08. The fourth-order valence-electron chi connectivity index (χ4n) is 1.34. The quantitative estimate of drug-likeness (QED) is 0.721. The Labute approximate surface area is 96.2 Å². The Morgan fingerprint density at radius 1 is 1.36 bits per heavy atom. The number of ether oxygens (including phenoxy) is 1. The molecule has 0 aliphatic carbocycles. The molecule has 0 amide bonds. The van der Waals surface area contributed by atoms with Crippen LogP contribution in [-0.4, -0.2) is 27.3 Å². The smallest absolute Gasteiger partial charge is 0.109 e. The average molecular weight is 236 g/mol. The molecular weight excluding hydrogens is 216 g/mol. The van der Waals surface area contributed by atoms with Crippen molar-refractivity contribution in [2.75, 3.05) is 0 Å². The Hall–Kier alpha value is 0.620. The van der Waals surface area contributed by atoms with Gasteiger partial charge in [-0.15, -0.1) is 0 Å². The van der Waals surface area contributed by atoms with Crippen molar-refractivity contribution >= 4 is 24.4 Å². The third-order valence-corrected chi connectivity index (χ3v) is 4.99. The van der Waals surface area contributed by atoms with Gasteiger partial charge < -0.3 is 9.84 Å². The average Bonchev–Trinajstić information content (AvgIpc) is 2.12. The molecular formula is C10H20O2S2. The lowest BCUT2D eigenvalue weighted by atomic mass is 10.1. The molecule has 0 radical (unpaired) electrons. The molecule has 1 aliphatic rings. The van der Waals surface area contributed by atoms with Crippen LogP contribution in [0.2, 0.25) is 0 Å². The van der Waals surface area contributed by atoms with Gasteiger partial charge in [-0.1, -0.05) is 32.5 Å². The van der Waals surface area contributed by atoms with Crippen LogP contribution in [0.1, 0.15) is 27.7 Å². The van der Waals surface area contributed by atoms with Gasteiger partial charge in [0.05, 0.1) is 6.10 Å². The Kier molecular flexibility index (Phi) is 4.62. The summed E-state index contributed by atoms with van der Waals surface area (Å²) in [6.07, 6.45) is 0.130. The van der Waals surface area contributed by atoms with E-state index in [4.69, 9.17) is 4.74 Å². The highest BCUT2D eigenvalue weighted by Crippen LogP contribution is 2.38. The van der Waals surface area contributed by atoms with E-state index in [9.17, 15) is 5.11 Å². The molecule has 1 heterocycles. The highest BCUT2D eigenvalue weighted by molar-refractivity contribution is 8.00. The number of aliphatic hydroxyl groups is 1. The number of hydrogen-bond acceptors (Lipinski definition) is 4. The number of rotatable bonds is 2. The molecule has 0 aromatic carbocycles. The van der Waals surface area contributed by atoms with Gasteiger partial charge in [-0.2, -0.15) is 12.6 Å². The molecule has 6 unspecified atom stereocenters. The fraction of sp³-hybridized carbons (Fsp3) is 1.00. The third-order valence-electron chi connectivity index (χ3n) is 3.00. The van der Waals surface area contributed by atoms with Gasteiger partial charge in [0.1, 0.15) is 10.9 Å². The number of thioether (sulfide) groups is 1. The van der Waals surface area contributed by atoms with Crippen LogP contribution in [0.3, 0.4) is 0 Å². The van der Waals surface area contributed by atoms with Crippen molar-refractivity contribution in [2.45, 2.75) is 49.9 Å². The second-order valence-electron chi connectivity index (χ2n) is 4.20. The van der Waals surface area contributed by atoms with Gasteiger partial charge in [-0.25, -0.2) is 0 Å². The first-order valence-electron chi connectivity index (χ1n) is 5.10. The summed E-state index contributed by atoms with van der Waals surface area (Å²) in [5.74, 6) is 0.562. The van der Waals surface area contributed by atoms with Gasteiger partial charge in [-0.3, -0.25) is 0 Å². The molecule has 1 rings (SSSR count). The Bertz CT molecular complexity index is 175. The minimum atomic E-state index is -0.307. The minimum Gasteiger partial charge on any atom is -0.382 e. The molecule has 0 aromatic rings. The van der Waals surface area contributed by atoms with Gasteiger partial charge in [0.25, 0.3) is 0 Å². The van der Waals surface area contributed by atoms with Crippen molar-refractivity contribution in [1.82, 2.24) is 0 Å². The van der Waals surface area contributed by atoms with Crippen molar-refractivity contribution < 1.29 is 9.84 Å². The van der Waals surface area contributed by atoms with Crippen LogP contribution in [0.4, 0.5) is 0 Å². The zero-order valence-corrected chi connectivity index (χ0v) is 10.9. The summed E-state index contributed by atoms with van der Waals surface area (Å²) in [4.78, 5) is 0. The van der Waals surface area contributed by atoms with E-state index in [2.05, 4.69) is 26.5 Å². The molecule has 1 aliphatic heterocycles. The summed E-state index contributed by atoms with van der Waals surface area (Å²) < 4.78 is 5.85. The zero-order valence-electron chi connectivity index (χ0n) is 9.18. The second-order valence-corrected chi connectivity index (χ2v) is 6.23. The largest absolute Gasteiger partial charge is 0.382 e. The molecule has 14 heavy (non-hydrogen) atoms. The van der Waals surface area contributed by atoms with Crippen molar-refractivity contribution in [3.05, 3.63) is 0 Å². The predicted octanol–water partition coefficient (Wildman–Crippen LogP) is 2.37. The number of hydrogen-bond donors (Lipinski definition) is 2. The Balaban J connectivity index is 2.57. The van der Waals surface area contributed by atoms with Crippen LogP contribution >= 0.6 is 24.4 Å². The predicted molar refractivity (Wildman–Crippen MR) is 64.7 cm³/mol. The van der Waals surface area contributed by atoms with Crippen molar-refractivity contribution in [3.63, 3.8) is 0 Å². The van der Waals surface area contributed by atoms with Gasteiger partial charge in [0, 0.05) is 17.1 Å². The highest BCUT2D eigenvalue weighted by atomic mass is 32.2. The molecule has 0 saturated carbocycles. The lowest BCUT2D eigenvalue weighted by Gasteiger charge is -2.39. The first-order chi connectivity index (χ1) is 6.43. The summed E-state index contributed by atoms with van der Waals surface area (Å²) in [5, 5.41) is 10.1. The van der Waals surface area contributed by atoms with Crippen LogP contribution in [0.15, 0.2) is 0 Å². The molecule has 0 spiro atoms. The van der Waals surface area contributed by atoms with Gasteiger partial charge in [0.15, 0.2) is 0 Å². The van der Waals surface area contributed by atoms with E-state index in [-0.39, 0.29) is 22.9 Å². The lowest BCUT2D eigenvalue weighted by molar-refractivity contribution is -0.0436. The Morgan fingerprint density at radius 2 is 1.93 bits per heavy atom. The summed E-state index contributed by atoms with van der Waals surface area (Å²) >= 11 is 5.93. The van der Waals surface area contributed by atoms with Crippen LogP contribution in [0.5, 0.6) is 0 Å². The summed E-state index contributed by atoms with van der Waals surface area (Å²) in [7, 11) is 0. The molecule has 1 N–H and O–H groups in total. The molecule has 84 valence electrons. The van der Waals surface area contributed by atoms with Crippen molar-refractivity contribution in [1.29, 1.82) is 0 Å². The molecule has 4 heteroatoms. The molecule has 1 saturated heterocycles. The zero-order chi connectivity index (χ0) is 10.9. The van der Waals surface area contributed by atoms with Crippen LogP contribution in [-0.2, 0) is 4.74 Å². The molecule has 0 aromatic heterocycles. The van der Waals surface area contributed by atoms with E-state index in [1.807, 2.05) is 13.8 Å². The Morgan fingerprint density at radius 3 is 2.36 bits per heavy atom. The monoisotopic (exact) mass is 236 g/mol. The van der Waals surface area contributed by atoms with E-state index in [0.717, 1.165) is 0 Å². The molecule has 6 atom stereocenters. The summed E-state index contributed by atoms with van der Waals surface area (Å²) in [6.45, 7) is 8.22. The first-order valence-corrected chi connectivity index (χ1v) is 6.56. The molecule has 2 nitrogen and oxygen atoms in total. The highest BCUT2D eigenvalue weighted by Gasteiger charge is 2.36. The first kappa shape index (κ1) is 12.7. The minimum absolute atomic E-state index is 0.0729. The SMILES string of the molecule is CC(S)C(C)C1OC(C)C(C)C(O)S1. The maximum atomic E-state index is 9.81. The number of thiol groups is 1. The summed E-state index contributed by atoms with van der Waals surface area (Å²) in [5.41, 5.74) is -0.234. The van der Waals surface area contributed by atoms with Crippen LogP contribution in [0, 0.1) is 11.8 Å².